The third-order valence-electron chi connectivity index (χ3n) is 4.03. The van der Waals surface area contributed by atoms with Gasteiger partial charge in [-0.3, -0.25) is 0 Å². The number of rotatable bonds is 5. The Morgan fingerprint density at radius 3 is 2.48 bits per heavy atom. The fourth-order valence-electron chi connectivity index (χ4n) is 2.75. The van der Waals surface area contributed by atoms with E-state index in [1.807, 2.05) is 36.0 Å². The van der Waals surface area contributed by atoms with Crippen LogP contribution in [0, 0.1) is 11.3 Å². The van der Waals surface area contributed by atoms with E-state index in [1.165, 1.54) is 22.8 Å². The minimum Gasteiger partial charge on any atom is -0.370 e. The van der Waals surface area contributed by atoms with E-state index in [2.05, 4.69) is 40.6 Å². The Kier molecular flexibility index (Phi) is 5.57. The van der Waals surface area contributed by atoms with Gasteiger partial charge in [0.15, 0.2) is 0 Å². The van der Waals surface area contributed by atoms with Crippen molar-refractivity contribution in [3.05, 3.63) is 65.2 Å². The maximum absolute atomic E-state index is 8.92. The van der Waals surface area contributed by atoms with E-state index in [0.29, 0.717) is 5.56 Å². The third kappa shape index (κ3) is 4.51. The van der Waals surface area contributed by atoms with Gasteiger partial charge in [-0.1, -0.05) is 24.3 Å². The fourth-order valence-corrected chi connectivity index (χ4v) is 3.65. The van der Waals surface area contributed by atoms with Crippen LogP contribution in [0.25, 0.3) is 0 Å². The molecule has 0 saturated carbocycles. The normalized spacial score (nSPS) is 14.5. The zero-order valence-corrected chi connectivity index (χ0v) is 14.0. The summed E-state index contributed by atoms with van der Waals surface area (Å²) in [6, 6.07) is 18.8. The van der Waals surface area contributed by atoms with Crippen LogP contribution in [-0.2, 0) is 13.1 Å². The second-order valence-electron chi connectivity index (χ2n) is 5.68. The van der Waals surface area contributed by atoms with E-state index in [-0.39, 0.29) is 0 Å². The molecule has 0 aliphatic carbocycles. The predicted octanol–water partition coefficient (Wildman–Crippen LogP) is 3.40. The molecule has 3 nitrogen and oxygen atoms in total. The minimum absolute atomic E-state index is 0.716. The van der Waals surface area contributed by atoms with E-state index in [0.717, 1.165) is 31.7 Å². The summed E-state index contributed by atoms with van der Waals surface area (Å²) in [6.45, 7) is 3.92. The average molecular weight is 323 g/mol. The number of benzene rings is 2. The first-order chi connectivity index (χ1) is 11.3. The van der Waals surface area contributed by atoms with Crippen molar-refractivity contribution in [1.82, 2.24) is 5.32 Å². The Morgan fingerprint density at radius 2 is 1.74 bits per heavy atom. The monoisotopic (exact) mass is 323 g/mol. The molecule has 1 aliphatic rings. The molecule has 23 heavy (non-hydrogen) atoms. The van der Waals surface area contributed by atoms with E-state index < -0.39 is 0 Å². The number of hydrogen-bond acceptors (Lipinski definition) is 4. The number of nitrogens with one attached hydrogen (secondary N) is 1. The van der Waals surface area contributed by atoms with Gasteiger partial charge in [-0.2, -0.15) is 17.0 Å². The number of anilines is 1. The Hall–Kier alpha value is -1.96. The van der Waals surface area contributed by atoms with Crippen LogP contribution in [0.2, 0.25) is 0 Å². The first-order valence-corrected chi connectivity index (χ1v) is 9.12. The molecule has 1 fully saturated rings. The summed E-state index contributed by atoms with van der Waals surface area (Å²) >= 11 is 2.04. The molecule has 0 radical (unpaired) electrons. The lowest BCUT2D eigenvalue weighted by atomic mass is 10.1. The molecule has 118 valence electrons. The lowest BCUT2D eigenvalue weighted by Crippen LogP contribution is -2.32. The van der Waals surface area contributed by atoms with Gasteiger partial charge in [-0.15, -0.1) is 0 Å². The molecule has 0 aromatic heterocycles. The van der Waals surface area contributed by atoms with Crippen molar-refractivity contribution in [2.45, 2.75) is 13.1 Å². The van der Waals surface area contributed by atoms with Crippen molar-refractivity contribution in [3.63, 3.8) is 0 Å². The van der Waals surface area contributed by atoms with E-state index >= 15 is 0 Å². The molecule has 2 aromatic carbocycles. The van der Waals surface area contributed by atoms with Gasteiger partial charge in [0, 0.05) is 43.4 Å². The van der Waals surface area contributed by atoms with Crippen LogP contribution in [0.1, 0.15) is 16.7 Å². The first-order valence-electron chi connectivity index (χ1n) is 7.96. The fraction of sp³-hybridized carbons (Fsp3) is 0.316. The molecule has 3 rings (SSSR count). The molecule has 4 heteroatoms. The van der Waals surface area contributed by atoms with Crippen molar-refractivity contribution in [2.24, 2.45) is 0 Å². The molecule has 1 aliphatic heterocycles. The topological polar surface area (TPSA) is 39.1 Å². The minimum atomic E-state index is 0.716. The highest BCUT2D eigenvalue weighted by molar-refractivity contribution is 7.99. The maximum Gasteiger partial charge on any atom is 0.0991 e. The van der Waals surface area contributed by atoms with Gasteiger partial charge < -0.3 is 10.2 Å². The van der Waals surface area contributed by atoms with Crippen LogP contribution < -0.4 is 10.2 Å². The summed E-state index contributed by atoms with van der Waals surface area (Å²) in [7, 11) is 0. The highest BCUT2D eigenvalue weighted by atomic mass is 32.2. The van der Waals surface area contributed by atoms with Gasteiger partial charge in [0.1, 0.15) is 0 Å². The average Bonchev–Trinajstić information content (AvgIpc) is 2.63. The number of nitriles is 1. The van der Waals surface area contributed by atoms with Crippen molar-refractivity contribution < 1.29 is 0 Å². The Balaban J connectivity index is 1.51. The van der Waals surface area contributed by atoms with Crippen molar-refractivity contribution in [1.29, 1.82) is 5.26 Å². The molecular formula is C19H21N3S. The summed E-state index contributed by atoms with van der Waals surface area (Å²) in [5, 5.41) is 12.4. The Labute approximate surface area is 142 Å². The number of nitrogens with zero attached hydrogens (tertiary/aromatic N) is 2. The summed E-state index contributed by atoms with van der Waals surface area (Å²) in [5.41, 5.74) is 4.48. The smallest absolute Gasteiger partial charge is 0.0991 e. The second-order valence-corrected chi connectivity index (χ2v) is 6.91. The number of hydrogen-bond donors (Lipinski definition) is 1. The molecule has 0 amide bonds. The molecule has 1 saturated heterocycles. The van der Waals surface area contributed by atoms with Crippen LogP contribution >= 0.6 is 11.8 Å². The first kappa shape index (κ1) is 15.9. The van der Waals surface area contributed by atoms with Crippen molar-refractivity contribution in [3.8, 4) is 6.07 Å². The van der Waals surface area contributed by atoms with Crippen molar-refractivity contribution >= 4 is 17.4 Å². The van der Waals surface area contributed by atoms with Crippen molar-refractivity contribution in [2.75, 3.05) is 29.5 Å². The number of thioether (sulfide) groups is 1. The van der Waals surface area contributed by atoms with Crippen LogP contribution in [0.3, 0.4) is 0 Å². The van der Waals surface area contributed by atoms with E-state index in [4.69, 9.17) is 5.26 Å². The van der Waals surface area contributed by atoms with Crippen LogP contribution in [0.5, 0.6) is 0 Å². The summed E-state index contributed by atoms with van der Waals surface area (Å²) in [4.78, 5) is 2.46. The van der Waals surface area contributed by atoms with Gasteiger partial charge in [-0.25, -0.2) is 0 Å². The van der Waals surface area contributed by atoms with Crippen LogP contribution in [-0.4, -0.2) is 24.6 Å². The summed E-state index contributed by atoms with van der Waals surface area (Å²) in [6.07, 6.45) is 0. The molecular weight excluding hydrogens is 302 g/mol. The molecule has 0 atom stereocenters. The Bertz CT molecular complexity index is 670. The van der Waals surface area contributed by atoms with Gasteiger partial charge in [0.05, 0.1) is 11.6 Å². The van der Waals surface area contributed by atoms with Gasteiger partial charge >= 0.3 is 0 Å². The summed E-state index contributed by atoms with van der Waals surface area (Å²) < 4.78 is 0. The lowest BCUT2D eigenvalue weighted by Gasteiger charge is -2.28. The third-order valence-corrected chi connectivity index (χ3v) is 4.97. The largest absolute Gasteiger partial charge is 0.370 e. The van der Waals surface area contributed by atoms with E-state index in [9.17, 15) is 0 Å². The van der Waals surface area contributed by atoms with Crippen LogP contribution in [0.4, 0.5) is 5.69 Å². The highest BCUT2D eigenvalue weighted by Gasteiger charge is 2.10. The SMILES string of the molecule is N#Cc1cccc(CNCc2ccc(N3CCSCC3)cc2)c1. The maximum atomic E-state index is 8.92. The standard InChI is InChI=1S/C19H21N3S/c20-13-17-2-1-3-18(12-17)15-21-14-16-4-6-19(7-5-16)22-8-10-23-11-9-22/h1-7,12,21H,8-11,14-15H2. The van der Waals surface area contributed by atoms with Gasteiger partial charge in [-0.05, 0) is 35.4 Å². The predicted molar refractivity (Wildman–Crippen MR) is 97.7 cm³/mol. The zero-order chi connectivity index (χ0) is 15.9. The molecule has 0 bridgehead atoms. The molecule has 2 aromatic rings. The van der Waals surface area contributed by atoms with Gasteiger partial charge in [0.2, 0.25) is 0 Å². The molecule has 0 unspecified atom stereocenters. The summed E-state index contributed by atoms with van der Waals surface area (Å²) in [5.74, 6) is 2.45. The quantitative estimate of drug-likeness (QED) is 0.915. The molecule has 1 heterocycles. The van der Waals surface area contributed by atoms with Gasteiger partial charge in [0.25, 0.3) is 0 Å². The molecule has 0 spiro atoms. The Morgan fingerprint density at radius 1 is 1.00 bits per heavy atom. The highest BCUT2D eigenvalue weighted by Crippen LogP contribution is 2.19. The van der Waals surface area contributed by atoms with E-state index in [1.54, 1.807) is 0 Å². The van der Waals surface area contributed by atoms with Crippen LogP contribution in [0.15, 0.2) is 48.5 Å². The second kappa shape index (κ2) is 8.05. The lowest BCUT2D eigenvalue weighted by molar-refractivity contribution is 0.693. The zero-order valence-electron chi connectivity index (χ0n) is 13.2. The molecule has 1 N–H and O–H groups in total.